The third-order valence-corrected chi connectivity index (χ3v) is 9.12. The number of hydrogen-bond acceptors (Lipinski definition) is 6. The Labute approximate surface area is 253 Å². The second kappa shape index (κ2) is 12.2. The number of dihydropyridines is 1. The molecule has 0 spiro atoms. The second-order valence-electron chi connectivity index (χ2n) is 12.2. The lowest BCUT2D eigenvalue weighted by atomic mass is 9.88. The van der Waals surface area contributed by atoms with Crippen molar-refractivity contribution in [2.45, 2.75) is 63.3 Å². The molecule has 42 heavy (non-hydrogen) atoms. The predicted molar refractivity (Wildman–Crippen MR) is 166 cm³/mol. The van der Waals surface area contributed by atoms with Crippen LogP contribution in [0.5, 0.6) is 5.75 Å². The van der Waals surface area contributed by atoms with Gasteiger partial charge in [-0.25, -0.2) is 4.79 Å². The highest BCUT2D eigenvalue weighted by atomic mass is 35.5. The standard InChI is InChI=1S/C34H40ClN3O4/c1-34(2,40)24-9-12-32-30(20-24)28(29-5-3-15-36-31(29)22-41-32)6-4-16-37-17-13-26(14-18-37)38-27(21-42-33(38)39)19-23-7-10-25(35)11-8-23/h3,5-12,15,20,26-27,31,36,40H,4,13-14,16-19,21-22H2,1-2H3/b28-6+. The number of carbonyl (C=O) groups is 1. The molecule has 2 unspecified atom stereocenters. The minimum Gasteiger partial charge on any atom is -0.490 e. The number of cyclic esters (lactones) is 1. The van der Waals surface area contributed by atoms with Gasteiger partial charge in [0.1, 0.15) is 19.0 Å². The summed E-state index contributed by atoms with van der Waals surface area (Å²) in [4.78, 5) is 17.2. The Hall–Kier alpha value is -3.26. The summed E-state index contributed by atoms with van der Waals surface area (Å²) in [5.41, 5.74) is 4.49. The van der Waals surface area contributed by atoms with Gasteiger partial charge in [0.15, 0.2) is 0 Å². The van der Waals surface area contributed by atoms with Crippen molar-refractivity contribution in [1.29, 1.82) is 0 Å². The van der Waals surface area contributed by atoms with Crippen LogP contribution in [0.2, 0.25) is 5.02 Å². The smallest absolute Gasteiger partial charge is 0.410 e. The van der Waals surface area contributed by atoms with Gasteiger partial charge in [0.25, 0.3) is 0 Å². The molecular formula is C34H40ClN3O4. The minimum absolute atomic E-state index is 0.0608. The predicted octanol–water partition coefficient (Wildman–Crippen LogP) is 5.67. The Morgan fingerprint density at radius 2 is 1.88 bits per heavy atom. The number of carbonyl (C=O) groups excluding carboxylic acids is 1. The normalized spacial score (nSPS) is 23.9. The van der Waals surface area contributed by atoms with Crippen LogP contribution in [0.1, 0.15) is 49.8 Å². The quantitative estimate of drug-likeness (QED) is 0.433. The molecule has 222 valence electrons. The lowest BCUT2D eigenvalue weighted by molar-refractivity contribution is 0.0785. The van der Waals surface area contributed by atoms with E-state index in [1.54, 1.807) is 0 Å². The van der Waals surface area contributed by atoms with Crippen LogP contribution in [-0.2, 0) is 16.8 Å². The molecule has 2 aromatic rings. The van der Waals surface area contributed by atoms with Crippen LogP contribution in [0.4, 0.5) is 4.79 Å². The third kappa shape index (κ3) is 6.24. The first kappa shape index (κ1) is 28.8. The summed E-state index contributed by atoms with van der Waals surface area (Å²) in [6, 6.07) is 14.2. The van der Waals surface area contributed by atoms with Gasteiger partial charge in [-0.15, -0.1) is 0 Å². The van der Waals surface area contributed by atoms with Crippen LogP contribution in [0.3, 0.4) is 0 Å². The van der Waals surface area contributed by atoms with E-state index in [1.165, 1.54) is 11.1 Å². The van der Waals surface area contributed by atoms with E-state index >= 15 is 0 Å². The van der Waals surface area contributed by atoms with Crippen molar-refractivity contribution >= 4 is 23.3 Å². The van der Waals surface area contributed by atoms with Gasteiger partial charge in [-0.3, -0.25) is 4.90 Å². The Bertz CT molecular complexity index is 1390. The Kier molecular flexibility index (Phi) is 8.35. The molecule has 8 heteroatoms. The first-order valence-corrected chi connectivity index (χ1v) is 15.4. The maximum atomic E-state index is 12.7. The van der Waals surface area contributed by atoms with Gasteiger partial charge in [-0.1, -0.05) is 42.0 Å². The molecule has 2 N–H and O–H groups in total. The number of allylic oxidation sites excluding steroid dienone is 2. The number of ether oxygens (including phenoxy) is 2. The molecule has 4 aliphatic rings. The molecular weight excluding hydrogens is 550 g/mol. The zero-order valence-corrected chi connectivity index (χ0v) is 25.1. The fraction of sp³-hybridized carbons (Fsp3) is 0.441. The number of fused-ring (bicyclic) bond motifs is 2. The molecule has 0 aliphatic carbocycles. The molecule has 4 aliphatic heterocycles. The van der Waals surface area contributed by atoms with Crippen LogP contribution >= 0.6 is 11.6 Å². The first-order valence-electron chi connectivity index (χ1n) is 15.0. The molecule has 4 heterocycles. The van der Waals surface area contributed by atoms with Gasteiger partial charge in [-0.2, -0.15) is 0 Å². The monoisotopic (exact) mass is 589 g/mol. The molecule has 2 fully saturated rings. The Balaban J connectivity index is 1.12. The summed E-state index contributed by atoms with van der Waals surface area (Å²) in [6.07, 6.45) is 11.9. The van der Waals surface area contributed by atoms with E-state index in [2.05, 4.69) is 28.4 Å². The summed E-state index contributed by atoms with van der Waals surface area (Å²) in [7, 11) is 0. The highest BCUT2D eigenvalue weighted by Gasteiger charge is 2.39. The summed E-state index contributed by atoms with van der Waals surface area (Å²) in [5.74, 6) is 0.845. The number of hydrogen-bond donors (Lipinski definition) is 2. The maximum Gasteiger partial charge on any atom is 0.410 e. The highest BCUT2D eigenvalue weighted by molar-refractivity contribution is 6.30. The summed E-state index contributed by atoms with van der Waals surface area (Å²) in [6.45, 7) is 7.46. The number of rotatable bonds is 7. The number of halogens is 1. The van der Waals surface area contributed by atoms with Crippen molar-refractivity contribution in [1.82, 2.24) is 15.1 Å². The fourth-order valence-corrected chi connectivity index (χ4v) is 6.66. The Morgan fingerprint density at radius 1 is 1.10 bits per heavy atom. The largest absolute Gasteiger partial charge is 0.490 e. The zero-order valence-electron chi connectivity index (χ0n) is 24.4. The maximum absolute atomic E-state index is 12.7. The number of nitrogens with one attached hydrogen (secondary N) is 1. The molecule has 7 nitrogen and oxygen atoms in total. The first-order chi connectivity index (χ1) is 20.3. The van der Waals surface area contributed by atoms with Crippen LogP contribution in [0, 0.1) is 0 Å². The third-order valence-electron chi connectivity index (χ3n) is 8.87. The van der Waals surface area contributed by atoms with Crippen LogP contribution in [0.15, 0.2) is 72.5 Å². The molecule has 1 amide bonds. The van der Waals surface area contributed by atoms with Crippen molar-refractivity contribution in [3.05, 3.63) is 94.2 Å². The van der Waals surface area contributed by atoms with Crippen molar-refractivity contribution in [3.63, 3.8) is 0 Å². The fourth-order valence-electron chi connectivity index (χ4n) is 6.53. The van der Waals surface area contributed by atoms with Crippen molar-refractivity contribution < 1.29 is 19.4 Å². The summed E-state index contributed by atoms with van der Waals surface area (Å²) < 4.78 is 11.7. The van der Waals surface area contributed by atoms with E-state index in [9.17, 15) is 9.90 Å². The number of benzene rings is 2. The highest BCUT2D eigenvalue weighted by Crippen LogP contribution is 2.39. The average molecular weight is 590 g/mol. The topological polar surface area (TPSA) is 74.3 Å². The molecule has 0 bridgehead atoms. The lowest BCUT2D eigenvalue weighted by Gasteiger charge is -2.37. The van der Waals surface area contributed by atoms with Gasteiger partial charge < -0.3 is 24.8 Å². The van der Waals surface area contributed by atoms with Crippen LogP contribution in [-0.4, -0.2) is 72.0 Å². The average Bonchev–Trinajstić information content (AvgIpc) is 3.26. The van der Waals surface area contributed by atoms with E-state index in [0.717, 1.165) is 72.8 Å². The van der Waals surface area contributed by atoms with E-state index in [0.29, 0.717) is 13.2 Å². The van der Waals surface area contributed by atoms with Gasteiger partial charge in [-0.05, 0) is 98.3 Å². The number of nitrogens with zero attached hydrogens (tertiary/aromatic N) is 2. The molecule has 0 radical (unpaired) electrons. The zero-order chi connectivity index (χ0) is 29.3. The molecule has 2 aromatic carbocycles. The van der Waals surface area contributed by atoms with E-state index in [1.807, 2.05) is 67.4 Å². The number of aliphatic hydroxyl groups is 1. The molecule has 0 aromatic heterocycles. The number of likely N-dealkylation sites (tertiary alicyclic amines) is 1. The number of piperidine rings is 1. The van der Waals surface area contributed by atoms with E-state index < -0.39 is 5.60 Å². The van der Waals surface area contributed by atoms with E-state index in [4.69, 9.17) is 21.1 Å². The Morgan fingerprint density at radius 3 is 2.64 bits per heavy atom. The summed E-state index contributed by atoms with van der Waals surface area (Å²) >= 11 is 6.06. The van der Waals surface area contributed by atoms with Crippen LogP contribution < -0.4 is 10.1 Å². The van der Waals surface area contributed by atoms with Crippen molar-refractivity contribution in [2.75, 3.05) is 32.8 Å². The van der Waals surface area contributed by atoms with Gasteiger partial charge in [0, 0.05) is 36.3 Å². The lowest BCUT2D eigenvalue weighted by Crippen LogP contribution is -2.49. The minimum atomic E-state index is -0.940. The van der Waals surface area contributed by atoms with Gasteiger partial charge in [0.05, 0.1) is 17.7 Å². The second-order valence-corrected chi connectivity index (χ2v) is 12.7. The number of amides is 1. The molecule has 2 saturated heterocycles. The van der Waals surface area contributed by atoms with Crippen LogP contribution in [0.25, 0.3) is 5.57 Å². The molecule has 0 saturated carbocycles. The SMILES string of the molecule is CC(C)(O)c1ccc2c(c1)/C(=C/CCN1CCC(N3C(=O)OCC3Cc3ccc(Cl)cc3)CC1)C1=CC=CNC1CO2. The van der Waals surface area contributed by atoms with Crippen molar-refractivity contribution in [2.24, 2.45) is 0 Å². The van der Waals surface area contributed by atoms with Gasteiger partial charge >= 0.3 is 6.09 Å². The molecule has 6 rings (SSSR count). The summed E-state index contributed by atoms with van der Waals surface area (Å²) in [5, 5.41) is 14.9. The van der Waals surface area contributed by atoms with E-state index in [-0.39, 0.29) is 24.2 Å². The molecule has 2 atom stereocenters. The van der Waals surface area contributed by atoms with Gasteiger partial charge in [0.2, 0.25) is 0 Å². The van der Waals surface area contributed by atoms with Crippen molar-refractivity contribution in [3.8, 4) is 5.75 Å².